The lowest BCUT2D eigenvalue weighted by Gasteiger charge is -2.08. The fourth-order valence-electron chi connectivity index (χ4n) is 4.98. The summed E-state index contributed by atoms with van der Waals surface area (Å²) in [4.78, 5) is 2.91. The van der Waals surface area contributed by atoms with E-state index in [1.807, 2.05) is 22.7 Å². The number of hydrogen-bond donors (Lipinski definition) is 0. The molecule has 0 aliphatic rings. The Morgan fingerprint density at radius 3 is 1.90 bits per heavy atom. The third-order valence-corrected chi connectivity index (χ3v) is 8.73. The van der Waals surface area contributed by atoms with Crippen molar-refractivity contribution in [3.8, 4) is 0 Å². The molecule has 0 bridgehead atoms. The van der Waals surface area contributed by atoms with Crippen LogP contribution >= 0.6 is 22.7 Å². The Hall–Kier alpha value is -2.42. The smallest absolute Gasteiger partial charge is 0.0352 e. The van der Waals surface area contributed by atoms with Gasteiger partial charge in [-0.05, 0) is 99.3 Å². The zero-order valence-electron chi connectivity index (χ0n) is 18.1. The normalized spacial score (nSPS) is 12.2. The third kappa shape index (κ3) is 3.33. The van der Waals surface area contributed by atoms with Crippen molar-refractivity contribution < 1.29 is 0 Å². The zero-order valence-corrected chi connectivity index (χ0v) is 19.8. The van der Waals surface area contributed by atoms with E-state index in [9.17, 15) is 0 Å². The maximum Gasteiger partial charge on any atom is 0.0352 e. The minimum Gasteiger partial charge on any atom is -0.141 e. The first-order chi connectivity index (χ1) is 15.2. The van der Waals surface area contributed by atoms with Crippen LogP contribution in [0, 0.1) is 6.92 Å². The largest absolute Gasteiger partial charge is 0.141 e. The first kappa shape index (κ1) is 19.3. The summed E-state index contributed by atoms with van der Waals surface area (Å²) in [5.74, 6) is 0. The summed E-state index contributed by atoms with van der Waals surface area (Å²) in [6, 6.07) is 23.6. The molecule has 6 aromatic rings. The fourth-order valence-corrected chi connectivity index (χ4v) is 7.06. The van der Waals surface area contributed by atoms with Gasteiger partial charge in [0.1, 0.15) is 0 Å². The Kier molecular flexibility index (Phi) is 4.74. The molecule has 6 rings (SSSR count). The highest BCUT2D eigenvalue weighted by atomic mass is 32.1. The van der Waals surface area contributed by atoms with Crippen molar-refractivity contribution in [1.29, 1.82) is 0 Å². The van der Waals surface area contributed by atoms with Crippen molar-refractivity contribution in [2.75, 3.05) is 0 Å². The zero-order chi connectivity index (χ0) is 20.9. The van der Waals surface area contributed by atoms with Crippen LogP contribution in [-0.4, -0.2) is 0 Å². The van der Waals surface area contributed by atoms with Gasteiger partial charge in [0.2, 0.25) is 0 Å². The maximum absolute atomic E-state index is 2.44. The quantitative estimate of drug-likeness (QED) is 0.185. The van der Waals surface area contributed by atoms with Gasteiger partial charge in [-0.15, -0.1) is 22.7 Å². The Bertz CT molecular complexity index is 1580. The van der Waals surface area contributed by atoms with Gasteiger partial charge in [0.25, 0.3) is 0 Å². The molecule has 0 radical (unpaired) electrons. The minimum atomic E-state index is 1.22. The minimum absolute atomic E-state index is 1.22. The predicted octanol–water partition coefficient (Wildman–Crippen LogP) is 10.0. The van der Waals surface area contributed by atoms with Gasteiger partial charge >= 0.3 is 0 Å². The molecule has 0 unspecified atom stereocenters. The highest BCUT2D eigenvalue weighted by molar-refractivity contribution is 7.19. The van der Waals surface area contributed by atoms with Crippen LogP contribution in [-0.2, 0) is 6.42 Å². The molecule has 31 heavy (non-hydrogen) atoms. The third-order valence-electron chi connectivity index (χ3n) is 6.56. The molecule has 4 aromatic carbocycles. The predicted molar refractivity (Wildman–Crippen MR) is 142 cm³/mol. The van der Waals surface area contributed by atoms with Crippen molar-refractivity contribution in [3.63, 3.8) is 0 Å². The van der Waals surface area contributed by atoms with E-state index in [-0.39, 0.29) is 0 Å². The van der Waals surface area contributed by atoms with E-state index < -0.39 is 0 Å². The molecule has 0 saturated heterocycles. The molecule has 0 nitrogen and oxygen atoms in total. The van der Waals surface area contributed by atoms with Gasteiger partial charge in [0.05, 0.1) is 0 Å². The summed E-state index contributed by atoms with van der Waals surface area (Å²) in [6.07, 6.45) is 6.54. The SMILES string of the molecule is CCCCCCc1cc2cc3ccc4c5cc6sc(C)cc6cc5ccc4c3cc2s1. The van der Waals surface area contributed by atoms with E-state index in [4.69, 9.17) is 0 Å². The topological polar surface area (TPSA) is 0 Å². The van der Waals surface area contributed by atoms with Crippen molar-refractivity contribution >= 4 is 75.2 Å². The van der Waals surface area contributed by atoms with Crippen LogP contribution in [0.25, 0.3) is 52.5 Å². The maximum atomic E-state index is 2.44. The second kappa shape index (κ2) is 7.62. The Morgan fingerprint density at radius 1 is 0.581 bits per heavy atom. The lowest BCUT2D eigenvalue weighted by molar-refractivity contribution is 0.670. The van der Waals surface area contributed by atoms with E-state index >= 15 is 0 Å². The van der Waals surface area contributed by atoms with E-state index in [0.29, 0.717) is 0 Å². The second-order valence-electron chi connectivity index (χ2n) is 8.83. The summed E-state index contributed by atoms with van der Waals surface area (Å²) >= 11 is 3.88. The summed E-state index contributed by atoms with van der Waals surface area (Å²) in [7, 11) is 0. The first-order valence-corrected chi connectivity index (χ1v) is 13.0. The van der Waals surface area contributed by atoms with Crippen LogP contribution < -0.4 is 0 Å². The van der Waals surface area contributed by atoms with Gasteiger partial charge < -0.3 is 0 Å². The molecule has 2 heterocycles. The molecule has 154 valence electrons. The number of rotatable bonds is 5. The molecule has 0 aliphatic heterocycles. The molecule has 2 heteroatoms. The Morgan fingerprint density at radius 2 is 1.23 bits per heavy atom. The van der Waals surface area contributed by atoms with Crippen molar-refractivity contribution in [1.82, 2.24) is 0 Å². The van der Waals surface area contributed by atoms with Gasteiger partial charge in [-0.25, -0.2) is 0 Å². The van der Waals surface area contributed by atoms with Crippen molar-refractivity contribution in [2.45, 2.75) is 46.0 Å². The van der Waals surface area contributed by atoms with E-state index in [1.54, 1.807) is 0 Å². The van der Waals surface area contributed by atoms with Gasteiger partial charge in [0.15, 0.2) is 0 Å². The number of hydrogen-bond acceptors (Lipinski definition) is 2. The van der Waals surface area contributed by atoms with Gasteiger partial charge in [-0.1, -0.05) is 50.5 Å². The molecule has 0 atom stereocenters. The average Bonchev–Trinajstić information content (AvgIpc) is 3.34. The lowest BCUT2D eigenvalue weighted by Crippen LogP contribution is -1.81. The summed E-state index contributed by atoms with van der Waals surface area (Å²) in [5.41, 5.74) is 0. The van der Waals surface area contributed by atoms with Crippen molar-refractivity contribution in [3.05, 3.63) is 70.4 Å². The molecule has 0 N–H and O–H groups in total. The number of aryl methyl sites for hydroxylation is 2. The highest BCUT2D eigenvalue weighted by Crippen LogP contribution is 2.38. The molecule has 0 fully saturated rings. The van der Waals surface area contributed by atoms with E-state index in [0.717, 1.165) is 0 Å². The number of fused-ring (bicyclic) bond motifs is 7. The van der Waals surface area contributed by atoms with E-state index in [2.05, 4.69) is 74.5 Å². The second-order valence-corrected chi connectivity index (χ2v) is 11.3. The van der Waals surface area contributed by atoms with Crippen LogP contribution in [0.15, 0.2) is 60.7 Å². The highest BCUT2D eigenvalue weighted by Gasteiger charge is 2.10. The molecule has 2 aromatic heterocycles. The standard InChI is InChI=1S/C29H26S2/c1-3-4-5-6-7-23-15-22-14-20-9-11-24-25(27(20)17-29(22)31-23)10-8-19-13-21-12-18(2)30-28(21)16-26(19)24/h8-17H,3-7H2,1-2H3. The Labute approximate surface area is 191 Å². The number of benzene rings is 4. The molecule has 0 aliphatic carbocycles. The monoisotopic (exact) mass is 438 g/mol. The van der Waals surface area contributed by atoms with Crippen LogP contribution in [0.2, 0.25) is 0 Å². The van der Waals surface area contributed by atoms with Gasteiger partial charge in [-0.3, -0.25) is 0 Å². The van der Waals surface area contributed by atoms with Crippen LogP contribution in [0.4, 0.5) is 0 Å². The van der Waals surface area contributed by atoms with Crippen LogP contribution in [0.3, 0.4) is 0 Å². The first-order valence-electron chi connectivity index (χ1n) is 11.4. The van der Waals surface area contributed by atoms with Crippen molar-refractivity contribution in [2.24, 2.45) is 0 Å². The average molecular weight is 439 g/mol. The molecule has 0 spiro atoms. The van der Waals surface area contributed by atoms with Gasteiger partial charge in [-0.2, -0.15) is 0 Å². The summed E-state index contributed by atoms with van der Waals surface area (Å²) in [6.45, 7) is 4.48. The molecule has 0 amide bonds. The summed E-state index contributed by atoms with van der Waals surface area (Å²) in [5, 5.41) is 10.9. The summed E-state index contributed by atoms with van der Waals surface area (Å²) < 4.78 is 2.81. The Balaban J connectivity index is 1.51. The van der Waals surface area contributed by atoms with Crippen LogP contribution in [0.5, 0.6) is 0 Å². The lowest BCUT2D eigenvalue weighted by atomic mass is 9.96. The van der Waals surface area contributed by atoms with Gasteiger partial charge in [0, 0.05) is 19.2 Å². The fraction of sp³-hybridized carbons (Fsp3) is 0.241. The van der Waals surface area contributed by atoms with E-state index in [1.165, 1.54) is 94.3 Å². The number of unbranched alkanes of at least 4 members (excludes halogenated alkanes) is 3. The molecular formula is C29H26S2. The number of thiophene rings is 2. The molecule has 0 saturated carbocycles. The molecular weight excluding hydrogens is 412 g/mol. The van der Waals surface area contributed by atoms with Crippen LogP contribution in [0.1, 0.15) is 42.4 Å².